The van der Waals surface area contributed by atoms with E-state index < -0.39 is 26.1 Å². The van der Waals surface area contributed by atoms with Crippen LogP contribution in [0.1, 0.15) is 122 Å². The summed E-state index contributed by atoms with van der Waals surface area (Å²) in [6, 6.07) is 11.3. The van der Waals surface area contributed by atoms with Crippen LogP contribution in [0.4, 0.5) is 0 Å². The molecule has 1 aromatic rings. The zero-order valence-corrected chi connectivity index (χ0v) is 30.5. The van der Waals surface area contributed by atoms with Gasteiger partial charge in [0, 0.05) is 0 Å². The smallest absolute Gasteiger partial charge is 0.335 e. The summed E-state index contributed by atoms with van der Waals surface area (Å²) < 4.78 is 10.9. The minimum Gasteiger partial charge on any atom is -0.465 e. The predicted molar refractivity (Wildman–Crippen MR) is 190 cm³/mol. The summed E-state index contributed by atoms with van der Waals surface area (Å²) in [4.78, 5) is 24.3. The summed E-state index contributed by atoms with van der Waals surface area (Å²) in [6.45, 7) is 11.6. The van der Waals surface area contributed by atoms with E-state index in [0.717, 1.165) is 42.7 Å². The second-order valence-corrected chi connectivity index (χ2v) is 20.1. The third-order valence-corrected chi connectivity index (χ3v) is 15.9. The fraction of sp³-hybridized carbons (Fsp3) is 0.744. The quantitative estimate of drug-likeness (QED) is 0.0677. The van der Waals surface area contributed by atoms with Gasteiger partial charge in [0.05, 0.1) is 45.5 Å². The van der Waals surface area contributed by atoms with E-state index in [2.05, 4.69) is 44.3 Å². The lowest BCUT2D eigenvalue weighted by Crippen LogP contribution is -2.45. The number of hydrogen-bond donors (Lipinski definition) is 2. The van der Waals surface area contributed by atoms with Gasteiger partial charge in [0.25, 0.3) is 0 Å². The number of esters is 2. The van der Waals surface area contributed by atoms with E-state index in [4.69, 9.17) is 14.6 Å². The minimum atomic E-state index is -1.99. The monoisotopic (exact) mass is 656 g/mol. The standard InChI is InChI=1S/C39H64O6Si/c1-6-7-8-11-31-12-14-32(15-13-31)33-16-18-34(19-17-33)35-20-22-36(23-21-35)46(5,26-9-24-44-37(42)30(2)28-40)27-10-25-45-38(43)39(3,4)29-41/h20-23,31-34,40-41H,2,6-19,24-29H2,1,3-5H3. The van der Waals surface area contributed by atoms with Crippen LogP contribution in [0.25, 0.3) is 0 Å². The van der Waals surface area contributed by atoms with Crippen molar-refractivity contribution in [2.24, 2.45) is 23.2 Å². The first kappa shape index (κ1) is 38.5. The molecule has 2 fully saturated rings. The Hall–Kier alpha value is -1.96. The Bertz CT molecular complexity index is 1070. The first-order chi connectivity index (χ1) is 22.0. The number of carbonyl (C=O) groups is 2. The lowest BCUT2D eigenvalue weighted by atomic mass is 9.68. The average Bonchev–Trinajstić information content (AvgIpc) is 3.08. The fourth-order valence-corrected chi connectivity index (χ4v) is 11.5. The van der Waals surface area contributed by atoms with E-state index in [1.165, 1.54) is 87.8 Å². The number of aliphatic hydroxyl groups excluding tert-OH is 2. The van der Waals surface area contributed by atoms with Crippen LogP contribution < -0.4 is 5.19 Å². The number of carbonyl (C=O) groups excluding carboxylic acids is 2. The van der Waals surface area contributed by atoms with Crippen LogP contribution in [0.15, 0.2) is 36.4 Å². The van der Waals surface area contributed by atoms with Gasteiger partial charge in [-0.1, -0.05) is 100 Å². The van der Waals surface area contributed by atoms with Gasteiger partial charge in [-0.15, -0.1) is 0 Å². The second kappa shape index (κ2) is 19.1. The molecule has 2 N–H and O–H groups in total. The van der Waals surface area contributed by atoms with Gasteiger partial charge in [-0.2, -0.15) is 0 Å². The molecule has 0 bridgehead atoms. The summed E-state index contributed by atoms with van der Waals surface area (Å²) in [7, 11) is -1.99. The Morgan fingerprint density at radius 1 is 0.848 bits per heavy atom. The molecule has 260 valence electrons. The van der Waals surface area contributed by atoms with E-state index in [9.17, 15) is 14.7 Å². The summed E-state index contributed by atoms with van der Waals surface area (Å²) in [5.74, 6) is 2.59. The molecule has 0 aliphatic heterocycles. The van der Waals surface area contributed by atoms with Crippen LogP contribution in [0.5, 0.6) is 0 Å². The molecule has 0 amide bonds. The van der Waals surface area contributed by atoms with E-state index in [-0.39, 0.29) is 18.1 Å². The molecule has 7 heteroatoms. The molecule has 46 heavy (non-hydrogen) atoms. The van der Waals surface area contributed by atoms with Gasteiger partial charge in [0.2, 0.25) is 0 Å². The highest BCUT2D eigenvalue weighted by atomic mass is 28.3. The van der Waals surface area contributed by atoms with Crippen molar-refractivity contribution in [3.8, 4) is 0 Å². The number of hydrogen-bond acceptors (Lipinski definition) is 6. The first-order valence-corrected chi connectivity index (χ1v) is 21.3. The van der Waals surface area contributed by atoms with Crippen LogP contribution in [-0.2, 0) is 19.1 Å². The highest BCUT2D eigenvalue weighted by Crippen LogP contribution is 2.44. The maximum atomic E-state index is 12.4. The van der Waals surface area contributed by atoms with Crippen LogP contribution in [0, 0.1) is 23.2 Å². The van der Waals surface area contributed by atoms with Crippen molar-refractivity contribution in [1.82, 2.24) is 0 Å². The molecule has 0 heterocycles. The topological polar surface area (TPSA) is 93.1 Å². The third-order valence-electron chi connectivity index (χ3n) is 11.3. The second-order valence-electron chi connectivity index (χ2n) is 15.4. The molecule has 0 radical (unpaired) electrons. The fourth-order valence-electron chi connectivity index (χ4n) is 7.81. The van der Waals surface area contributed by atoms with Gasteiger partial charge in [-0.05, 0) is 94.4 Å². The largest absolute Gasteiger partial charge is 0.465 e. The van der Waals surface area contributed by atoms with Crippen molar-refractivity contribution in [3.63, 3.8) is 0 Å². The van der Waals surface area contributed by atoms with Gasteiger partial charge in [-0.3, -0.25) is 4.79 Å². The lowest BCUT2D eigenvalue weighted by molar-refractivity contribution is -0.156. The maximum Gasteiger partial charge on any atom is 0.335 e. The Labute approximate surface area is 280 Å². The van der Waals surface area contributed by atoms with Crippen LogP contribution in [0.2, 0.25) is 18.6 Å². The molecule has 0 saturated heterocycles. The van der Waals surface area contributed by atoms with Gasteiger partial charge >= 0.3 is 11.9 Å². The first-order valence-electron chi connectivity index (χ1n) is 18.4. The van der Waals surface area contributed by atoms with E-state index in [1.54, 1.807) is 13.8 Å². The maximum absolute atomic E-state index is 12.4. The van der Waals surface area contributed by atoms with Crippen molar-refractivity contribution in [3.05, 3.63) is 42.0 Å². The lowest BCUT2D eigenvalue weighted by Gasteiger charge is -2.38. The number of rotatable bonds is 19. The van der Waals surface area contributed by atoms with Crippen molar-refractivity contribution < 1.29 is 29.3 Å². The van der Waals surface area contributed by atoms with E-state index >= 15 is 0 Å². The van der Waals surface area contributed by atoms with Gasteiger partial charge < -0.3 is 19.7 Å². The molecule has 1 atom stereocenters. The summed E-state index contributed by atoms with van der Waals surface area (Å²) in [5.41, 5.74) is 0.642. The van der Waals surface area contributed by atoms with Crippen LogP contribution in [0.3, 0.4) is 0 Å². The molecular weight excluding hydrogens is 593 g/mol. The summed E-state index contributed by atoms with van der Waals surface area (Å²) in [6.07, 6.45) is 18.3. The van der Waals surface area contributed by atoms with Gasteiger partial charge in [-0.25, -0.2) is 4.79 Å². The zero-order chi connectivity index (χ0) is 33.6. The molecule has 1 unspecified atom stereocenters. The highest BCUT2D eigenvalue weighted by Gasteiger charge is 2.33. The normalized spacial score (nSPS) is 23.3. The van der Waals surface area contributed by atoms with Gasteiger partial charge in [0.15, 0.2) is 0 Å². The molecule has 1 aromatic carbocycles. The number of unbranched alkanes of at least 4 members (excludes halogenated alkanes) is 2. The molecule has 2 aliphatic carbocycles. The van der Waals surface area contributed by atoms with Crippen molar-refractivity contribution in [2.45, 2.75) is 135 Å². The van der Waals surface area contributed by atoms with Crippen molar-refractivity contribution >= 4 is 25.2 Å². The van der Waals surface area contributed by atoms with Crippen LogP contribution >= 0.6 is 0 Å². The Morgan fingerprint density at radius 2 is 1.41 bits per heavy atom. The number of benzene rings is 1. The molecule has 3 rings (SSSR count). The van der Waals surface area contributed by atoms with Crippen molar-refractivity contribution in [2.75, 3.05) is 26.4 Å². The Morgan fingerprint density at radius 3 is 1.96 bits per heavy atom. The molecule has 0 spiro atoms. The molecule has 2 aliphatic rings. The van der Waals surface area contributed by atoms with E-state index in [1.807, 2.05) is 0 Å². The average molecular weight is 657 g/mol. The molecule has 2 saturated carbocycles. The van der Waals surface area contributed by atoms with E-state index in [0.29, 0.717) is 19.1 Å². The Balaban J connectivity index is 1.55. The SMILES string of the molecule is C=C(CO)C(=O)OCCC[Si](C)(CCCOC(=O)C(C)(C)CO)c1ccc(C2CCC(C3CCC(CCCCC)CC3)CC2)cc1. The summed E-state index contributed by atoms with van der Waals surface area (Å²) in [5, 5.41) is 20.0. The zero-order valence-electron chi connectivity index (χ0n) is 29.5. The summed E-state index contributed by atoms with van der Waals surface area (Å²) >= 11 is 0. The van der Waals surface area contributed by atoms with Crippen molar-refractivity contribution in [1.29, 1.82) is 0 Å². The molecule has 0 aromatic heterocycles. The Kier molecular flexibility index (Phi) is 16.0. The third kappa shape index (κ3) is 11.6. The molecular formula is C39H64O6Si. The highest BCUT2D eigenvalue weighted by molar-refractivity contribution is 6.90. The van der Waals surface area contributed by atoms with Gasteiger partial charge in [0.1, 0.15) is 0 Å². The molecule has 6 nitrogen and oxygen atoms in total. The van der Waals surface area contributed by atoms with Crippen LogP contribution in [-0.4, -0.2) is 56.7 Å². The number of ether oxygens (including phenoxy) is 2. The number of aliphatic hydroxyl groups is 2. The minimum absolute atomic E-state index is 0.0717. The predicted octanol–water partition coefficient (Wildman–Crippen LogP) is 8.07.